The molecule has 1 saturated heterocycles. The first-order chi connectivity index (χ1) is 12.7. The van der Waals surface area contributed by atoms with Crippen LogP contribution in [0.3, 0.4) is 0 Å². The number of amides is 2. The van der Waals surface area contributed by atoms with E-state index < -0.39 is 0 Å². The first-order valence-corrected chi connectivity index (χ1v) is 9.90. The van der Waals surface area contributed by atoms with Gasteiger partial charge in [-0.1, -0.05) is 24.5 Å². The van der Waals surface area contributed by atoms with E-state index in [2.05, 4.69) is 26.3 Å². The summed E-state index contributed by atoms with van der Waals surface area (Å²) in [6.07, 6.45) is 10.4. The second-order valence-electron chi connectivity index (χ2n) is 7.38. The number of halogens is 1. The number of hydrogen-bond donors (Lipinski definition) is 3. The van der Waals surface area contributed by atoms with E-state index in [0.717, 1.165) is 38.8 Å². The number of hydrogen-bond acceptors (Lipinski definition) is 5. The number of carbonyl (C=O) groups excluding carboxylic acids is 2. The molecule has 1 aromatic heterocycles. The normalized spacial score (nSPS) is 18.5. The standard InChI is InChI=1S/C18H30N6O2.ClH/c25-17(12-14-4-2-1-3-5-14)20-10-11-21-18(26)16-13-24(23-22-16)15-6-8-19-9-7-15;/h13-15,19H,1-12H2,(H,20,25)(H,21,26);1H. The van der Waals surface area contributed by atoms with Crippen molar-refractivity contribution in [3.63, 3.8) is 0 Å². The van der Waals surface area contributed by atoms with Crippen LogP contribution in [0.2, 0.25) is 0 Å². The van der Waals surface area contributed by atoms with Gasteiger partial charge in [0.05, 0.1) is 12.2 Å². The molecule has 0 aromatic carbocycles. The maximum Gasteiger partial charge on any atom is 0.273 e. The van der Waals surface area contributed by atoms with Gasteiger partial charge in [-0.05, 0) is 44.7 Å². The molecule has 2 amide bonds. The largest absolute Gasteiger partial charge is 0.354 e. The lowest BCUT2D eigenvalue weighted by Crippen LogP contribution is -2.35. The highest BCUT2D eigenvalue weighted by molar-refractivity contribution is 5.91. The third-order valence-corrected chi connectivity index (χ3v) is 5.36. The molecule has 9 heteroatoms. The maximum atomic E-state index is 12.2. The molecule has 27 heavy (non-hydrogen) atoms. The summed E-state index contributed by atoms with van der Waals surface area (Å²) in [7, 11) is 0. The van der Waals surface area contributed by atoms with E-state index in [0.29, 0.717) is 37.2 Å². The highest BCUT2D eigenvalue weighted by Gasteiger charge is 2.19. The van der Waals surface area contributed by atoms with Crippen LogP contribution in [0.4, 0.5) is 0 Å². The zero-order valence-electron chi connectivity index (χ0n) is 15.8. The average molecular weight is 399 g/mol. The fourth-order valence-electron chi connectivity index (χ4n) is 3.82. The summed E-state index contributed by atoms with van der Waals surface area (Å²) < 4.78 is 1.79. The SMILES string of the molecule is Cl.O=C(CC1CCCCC1)NCCNC(=O)c1cn(C2CCNCC2)nn1. The molecule has 1 saturated carbocycles. The van der Waals surface area contributed by atoms with Crippen molar-refractivity contribution in [2.45, 2.75) is 57.4 Å². The molecule has 0 atom stereocenters. The van der Waals surface area contributed by atoms with Gasteiger partial charge in [0.2, 0.25) is 5.91 Å². The van der Waals surface area contributed by atoms with Crippen molar-refractivity contribution in [1.29, 1.82) is 0 Å². The molecule has 152 valence electrons. The molecular weight excluding hydrogens is 368 g/mol. The van der Waals surface area contributed by atoms with Crippen LogP contribution in [0.5, 0.6) is 0 Å². The molecule has 0 spiro atoms. The summed E-state index contributed by atoms with van der Waals surface area (Å²) in [6.45, 7) is 2.77. The minimum absolute atomic E-state index is 0. The third kappa shape index (κ3) is 6.77. The monoisotopic (exact) mass is 398 g/mol. The molecule has 3 rings (SSSR count). The summed E-state index contributed by atoms with van der Waals surface area (Å²) in [5.41, 5.74) is 0.331. The molecule has 1 aliphatic carbocycles. The lowest BCUT2D eigenvalue weighted by molar-refractivity contribution is -0.122. The number of nitrogens with one attached hydrogen (secondary N) is 3. The van der Waals surface area contributed by atoms with Crippen molar-refractivity contribution in [2.24, 2.45) is 5.92 Å². The lowest BCUT2D eigenvalue weighted by Gasteiger charge is -2.22. The van der Waals surface area contributed by atoms with Crippen molar-refractivity contribution in [2.75, 3.05) is 26.2 Å². The van der Waals surface area contributed by atoms with Gasteiger partial charge in [0.15, 0.2) is 5.69 Å². The molecule has 2 fully saturated rings. The summed E-state index contributed by atoms with van der Waals surface area (Å²) in [5, 5.41) is 17.1. The highest BCUT2D eigenvalue weighted by Crippen LogP contribution is 2.25. The highest BCUT2D eigenvalue weighted by atomic mass is 35.5. The zero-order valence-corrected chi connectivity index (χ0v) is 16.6. The van der Waals surface area contributed by atoms with E-state index in [1.807, 2.05) is 0 Å². The molecule has 1 aromatic rings. The molecule has 0 radical (unpaired) electrons. The van der Waals surface area contributed by atoms with E-state index in [9.17, 15) is 9.59 Å². The van der Waals surface area contributed by atoms with Crippen molar-refractivity contribution in [3.05, 3.63) is 11.9 Å². The fraction of sp³-hybridized carbons (Fsp3) is 0.778. The number of aromatic nitrogens is 3. The predicted octanol–water partition coefficient (Wildman–Crippen LogP) is 1.44. The average Bonchev–Trinajstić information content (AvgIpc) is 3.17. The van der Waals surface area contributed by atoms with Gasteiger partial charge < -0.3 is 16.0 Å². The summed E-state index contributed by atoms with van der Waals surface area (Å²) in [5.74, 6) is 0.373. The lowest BCUT2D eigenvalue weighted by atomic mass is 9.87. The van der Waals surface area contributed by atoms with Gasteiger partial charge in [-0.2, -0.15) is 0 Å². The predicted molar refractivity (Wildman–Crippen MR) is 105 cm³/mol. The maximum absolute atomic E-state index is 12.2. The van der Waals surface area contributed by atoms with Crippen LogP contribution < -0.4 is 16.0 Å². The number of rotatable bonds is 7. The summed E-state index contributed by atoms with van der Waals surface area (Å²) >= 11 is 0. The van der Waals surface area contributed by atoms with Gasteiger partial charge in [0, 0.05) is 19.5 Å². The fourth-order valence-corrected chi connectivity index (χ4v) is 3.82. The van der Waals surface area contributed by atoms with Gasteiger partial charge in [0.1, 0.15) is 0 Å². The minimum Gasteiger partial charge on any atom is -0.354 e. The van der Waals surface area contributed by atoms with Crippen molar-refractivity contribution >= 4 is 24.2 Å². The Morgan fingerprint density at radius 1 is 1.07 bits per heavy atom. The zero-order chi connectivity index (χ0) is 18.2. The van der Waals surface area contributed by atoms with Crippen molar-refractivity contribution in [3.8, 4) is 0 Å². The van der Waals surface area contributed by atoms with E-state index in [-0.39, 0.29) is 24.2 Å². The Bertz CT molecular complexity index is 596. The summed E-state index contributed by atoms with van der Waals surface area (Å²) in [4.78, 5) is 24.1. The van der Waals surface area contributed by atoms with E-state index in [1.54, 1.807) is 10.9 Å². The Labute approximate surface area is 166 Å². The van der Waals surface area contributed by atoms with Gasteiger partial charge >= 0.3 is 0 Å². The quantitative estimate of drug-likeness (QED) is 0.603. The minimum atomic E-state index is -0.244. The molecule has 2 aliphatic rings. The molecule has 0 unspecified atom stereocenters. The Hall–Kier alpha value is -1.67. The van der Waals surface area contributed by atoms with Crippen LogP contribution in [0.15, 0.2) is 6.20 Å². The van der Waals surface area contributed by atoms with E-state index >= 15 is 0 Å². The van der Waals surface area contributed by atoms with Crippen LogP contribution in [0.25, 0.3) is 0 Å². The number of nitrogens with zero attached hydrogens (tertiary/aromatic N) is 3. The molecular formula is C18H31ClN6O2. The van der Waals surface area contributed by atoms with Crippen LogP contribution in [-0.2, 0) is 4.79 Å². The van der Waals surface area contributed by atoms with Crippen LogP contribution in [-0.4, -0.2) is 53.0 Å². The van der Waals surface area contributed by atoms with Crippen LogP contribution in [0.1, 0.15) is 67.9 Å². The van der Waals surface area contributed by atoms with Crippen LogP contribution >= 0.6 is 12.4 Å². The smallest absolute Gasteiger partial charge is 0.273 e. The Morgan fingerprint density at radius 3 is 2.52 bits per heavy atom. The third-order valence-electron chi connectivity index (χ3n) is 5.36. The number of piperidine rings is 1. The van der Waals surface area contributed by atoms with Gasteiger partial charge in [-0.15, -0.1) is 17.5 Å². The van der Waals surface area contributed by atoms with E-state index in [1.165, 1.54) is 19.3 Å². The van der Waals surface area contributed by atoms with Crippen molar-refractivity contribution < 1.29 is 9.59 Å². The Morgan fingerprint density at radius 2 is 1.78 bits per heavy atom. The summed E-state index contributed by atoms with van der Waals surface area (Å²) in [6, 6.07) is 0.310. The number of carbonyl (C=O) groups is 2. The molecule has 3 N–H and O–H groups in total. The topological polar surface area (TPSA) is 101 Å². The molecule has 0 bridgehead atoms. The van der Waals surface area contributed by atoms with E-state index in [4.69, 9.17) is 0 Å². The van der Waals surface area contributed by atoms with Gasteiger partial charge in [-0.25, -0.2) is 4.68 Å². The van der Waals surface area contributed by atoms with Crippen molar-refractivity contribution in [1.82, 2.24) is 30.9 Å². The van der Waals surface area contributed by atoms with Gasteiger partial charge in [0.25, 0.3) is 5.91 Å². The second kappa shape index (κ2) is 11.2. The van der Waals surface area contributed by atoms with Gasteiger partial charge in [-0.3, -0.25) is 9.59 Å². The molecule has 8 nitrogen and oxygen atoms in total. The first-order valence-electron chi connectivity index (χ1n) is 9.90. The Balaban J connectivity index is 0.00000261. The second-order valence-corrected chi connectivity index (χ2v) is 7.38. The molecule has 1 aliphatic heterocycles. The first kappa shape index (κ1) is 21.6. The van der Waals surface area contributed by atoms with Crippen LogP contribution in [0, 0.1) is 5.92 Å². The Kier molecular flexibility index (Phi) is 9.00. The molecule has 2 heterocycles.